The Hall–Kier alpha value is -3.01. The van der Waals surface area contributed by atoms with Crippen LogP contribution in [0.5, 0.6) is 11.5 Å². The third-order valence-corrected chi connectivity index (χ3v) is 6.61. The number of aryl methyl sites for hydroxylation is 1. The van der Waals surface area contributed by atoms with Crippen LogP contribution in [0.2, 0.25) is 0 Å². The van der Waals surface area contributed by atoms with E-state index in [0.29, 0.717) is 23.9 Å². The lowest BCUT2D eigenvalue weighted by Gasteiger charge is -2.26. The molecular formula is C24H27N5O3S. The normalized spacial score (nSPS) is 14.6. The van der Waals surface area contributed by atoms with Gasteiger partial charge in [0.05, 0.1) is 47.7 Å². The molecule has 0 radical (unpaired) electrons. The second-order valence-corrected chi connectivity index (χ2v) is 9.17. The summed E-state index contributed by atoms with van der Waals surface area (Å²) in [5.41, 5.74) is 2.70. The number of nitrogens with one attached hydrogen (secondary N) is 1. The van der Waals surface area contributed by atoms with Crippen LogP contribution in [0.25, 0.3) is 21.1 Å². The zero-order valence-corrected chi connectivity index (χ0v) is 19.7. The molecule has 172 valence electrons. The van der Waals surface area contributed by atoms with Crippen molar-refractivity contribution in [3.8, 4) is 11.5 Å². The summed E-state index contributed by atoms with van der Waals surface area (Å²) in [4.78, 5) is 15.9. The summed E-state index contributed by atoms with van der Waals surface area (Å²) in [6.07, 6.45) is 2.50. The number of rotatable bonds is 8. The van der Waals surface area contributed by atoms with Gasteiger partial charge in [-0.15, -0.1) is 11.3 Å². The van der Waals surface area contributed by atoms with Crippen LogP contribution >= 0.6 is 11.3 Å². The number of nitrogens with zero attached hydrogens (tertiary/aromatic N) is 4. The molecule has 1 N–H and O–H groups in total. The SMILES string of the molecule is COc1cc2c(Nc3ccc4sc(C)nc4c3)ncnc2cc1OCCCN1CCOCC1. The van der Waals surface area contributed by atoms with Crippen LogP contribution in [-0.2, 0) is 4.74 Å². The maximum Gasteiger partial charge on any atom is 0.163 e. The molecule has 2 aromatic carbocycles. The number of hydrogen-bond acceptors (Lipinski definition) is 9. The van der Waals surface area contributed by atoms with E-state index in [1.807, 2.05) is 31.2 Å². The van der Waals surface area contributed by atoms with E-state index in [0.717, 1.165) is 66.4 Å². The van der Waals surface area contributed by atoms with Crippen molar-refractivity contribution in [3.63, 3.8) is 0 Å². The minimum absolute atomic E-state index is 0.614. The lowest BCUT2D eigenvalue weighted by molar-refractivity contribution is 0.0357. The smallest absolute Gasteiger partial charge is 0.163 e. The quantitative estimate of drug-likeness (QED) is 0.384. The summed E-state index contributed by atoms with van der Waals surface area (Å²) >= 11 is 1.69. The molecule has 8 nitrogen and oxygen atoms in total. The summed E-state index contributed by atoms with van der Waals surface area (Å²) < 4.78 is 18.3. The van der Waals surface area contributed by atoms with Crippen molar-refractivity contribution in [1.29, 1.82) is 0 Å². The van der Waals surface area contributed by atoms with Crippen molar-refractivity contribution in [2.75, 3.05) is 51.9 Å². The molecule has 3 heterocycles. The van der Waals surface area contributed by atoms with E-state index in [2.05, 4.69) is 31.2 Å². The van der Waals surface area contributed by atoms with Gasteiger partial charge in [-0.2, -0.15) is 0 Å². The molecular weight excluding hydrogens is 438 g/mol. The number of methoxy groups -OCH3 is 1. The summed E-state index contributed by atoms with van der Waals surface area (Å²) in [7, 11) is 1.65. The molecule has 0 aliphatic carbocycles. The number of thiazole rings is 1. The number of ether oxygens (including phenoxy) is 3. The fraction of sp³-hybridized carbons (Fsp3) is 0.375. The van der Waals surface area contributed by atoms with Crippen molar-refractivity contribution >= 4 is 44.0 Å². The summed E-state index contributed by atoms with van der Waals surface area (Å²) in [6, 6.07) is 10.0. The Balaban J connectivity index is 1.32. The second-order valence-electron chi connectivity index (χ2n) is 7.94. The summed E-state index contributed by atoms with van der Waals surface area (Å²) in [6.45, 7) is 7.23. The first-order valence-electron chi connectivity index (χ1n) is 11.1. The number of benzene rings is 2. The number of hydrogen-bond donors (Lipinski definition) is 1. The van der Waals surface area contributed by atoms with Crippen LogP contribution in [0.3, 0.4) is 0 Å². The molecule has 1 saturated heterocycles. The van der Waals surface area contributed by atoms with Gasteiger partial charge in [-0.1, -0.05) is 0 Å². The standard InChI is InChI=1S/C24H27N5O3S/c1-16-27-20-12-17(4-5-23(20)33-16)28-24-18-13-21(30-2)22(14-19(18)25-15-26-24)32-9-3-6-29-7-10-31-11-8-29/h4-5,12-15H,3,6-11H2,1-2H3,(H,25,26,28). The minimum atomic E-state index is 0.614. The van der Waals surface area contributed by atoms with E-state index in [1.54, 1.807) is 24.8 Å². The molecule has 1 fully saturated rings. The average molecular weight is 466 g/mol. The Morgan fingerprint density at radius 3 is 2.82 bits per heavy atom. The van der Waals surface area contributed by atoms with Crippen LogP contribution < -0.4 is 14.8 Å². The monoisotopic (exact) mass is 465 g/mol. The van der Waals surface area contributed by atoms with E-state index >= 15 is 0 Å². The molecule has 9 heteroatoms. The van der Waals surface area contributed by atoms with Gasteiger partial charge in [0.1, 0.15) is 12.1 Å². The van der Waals surface area contributed by atoms with Crippen LogP contribution in [0, 0.1) is 6.92 Å². The van der Waals surface area contributed by atoms with Gasteiger partial charge in [-0.25, -0.2) is 15.0 Å². The predicted molar refractivity (Wildman–Crippen MR) is 131 cm³/mol. The van der Waals surface area contributed by atoms with Crippen molar-refractivity contribution in [3.05, 3.63) is 41.7 Å². The van der Waals surface area contributed by atoms with E-state index in [9.17, 15) is 0 Å². The molecule has 4 aromatic rings. The molecule has 0 spiro atoms. The molecule has 1 aliphatic heterocycles. The number of anilines is 2. The average Bonchev–Trinajstić information content (AvgIpc) is 3.21. The topological polar surface area (TPSA) is 81.6 Å². The van der Waals surface area contributed by atoms with Crippen LogP contribution in [0.15, 0.2) is 36.7 Å². The second kappa shape index (κ2) is 9.86. The first-order chi connectivity index (χ1) is 16.2. The Kier molecular flexibility index (Phi) is 6.52. The Bertz CT molecular complexity index is 1260. The molecule has 0 bridgehead atoms. The van der Waals surface area contributed by atoms with Crippen molar-refractivity contribution in [2.24, 2.45) is 0 Å². The van der Waals surface area contributed by atoms with Gasteiger partial charge in [0.15, 0.2) is 11.5 Å². The van der Waals surface area contributed by atoms with Gasteiger partial charge >= 0.3 is 0 Å². The fourth-order valence-electron chi connectivity index (χ4n) is 3.99. The molecule has 33 heavy (non-hydrogen) atoms. The minimum Gasteiger partial charge on any atom is -0.493 e. The van der Waals surface area contributed by atoms with Crippen molar-refractivity contribution < 1.29 is 14.2 Å². The lowest BCUT2D eigenvalue weighted by atomic mass is 10.2. The van der Waals surface area contributed by atoms with Gasteiger partial charge in [0.2, 0.25) is 0 Å². The van der Waals surface area contributed by atoms with Gasteiger partial charge in [0, 0.05) is 36.8 Å². The summed E-state index contributed by atoms with van der Waals surface area (Å²) in [5, 5.41) is 5.33. The van der Waals surface area contributed by atoms with E-state index < -0.39 is 0 Å². The fourth-order valence-corrected chi connectivity index (χ4v) is 4.80. The van der Waals surface area contributed by atoms with Gasteiger partial charge < -0.3 is 19.5 Å². The third kappa shape index (κ3) is 5.00. The van der Waals surface area contributed by atoms with Crippen molar-refractivity contribution in [2.45, 2.75) is 13.3 Å². The first-order valence-corrected chi connectivity index (χ1v) is 11.9. The number of fused-ring (bicyclic) bond motifs is 2. The Morgan fingerprint density at radius 2 is 1.97 bits per heavy atom. The molecule has 5 rings (SSSR count). The Morgan fingerprint density at radius 1 is 1.09 bits per heavy atom. The van der Waals surface area contributed by atoms with E-state index in [1.165, 1.54) is 4.70 Å². The zero-order valence-electron chi connectivity index (χ0n) is 18.8. The van der Waals surface area contributed by atoms with Crippen LogP contribution in [-0.4, -0.2) is 66.4 Å². The van der Waals surface area contributed by atoms with Crippen LogP contribution in [0.4, 0.5) is 11.5 Å². The summed E-state index contributed by atoms with van der Waals surface area (Å²) in [5.74, 6) is 2.07. The lowest BCUT2D eigenvalue weighted by Crippen LogP contribution is -2.37. The highest BCUT2D eigenvalue weighted by Gasteiger charge is 2.14. The highest BCUT2D eigenvalue weighted by molar-refractivity contribution is 7.18. The Labute approximate surface area is 196 Å². The zero-order chi connectivity index (χ0) is 22.6. The van der Waals surface area contributed by atoms with Gasteiger partial charge in [-0.05, 0) is 37.6 Å². The van der Waals surface area contributed by atoms with Crippen molar-refractivity contribution in [1.82, 2.24) is 19.9 Å². The van der Waals surface area contributed by atoms with E-state index in [-0.39, 0.29) is 0 Å². The first kappa shape index (κ1) is 21.8. The molecule has 2 aromatic heterocycles. The molecule has 0 saturated carbocycles. The largest absolute Gasteiger partial charge is 0.493 e. The molecule has 0 atom stereocenters. The highest BCUT2D eigenvalue weighted by atomic mass is 32.1. The van der Waals surface area contributed by atoms with Crippen LogP contribution in [0.1, 0.15) is 11.4 Å². The molecule has 1 aliphatic rings. The maximum absolute atomic E-state index is 6.07. The van der Waals surface area contributed by atoms with E-state index in [4.69, 9.17) is 14.2 Å². The highest BCUT2D eigenvalue weighted by Crippen LogP contribution is 2.35. The van der Waals surface area contributed by atoms with Gasteiger partial charge in [0.25, 0.3) is 0 Å². The number of morpholine rings is 1. The molecule has 0 amide bonds. The predicted octanol–water partition coefficient (Wildman–Crippen LogP) is 4.40. The van der Waals surface area contributed by atoms with Gasteiger partial charge in [-0.3, -0.25) is 4.90 Å². The third-order valence-electron chi connectivity index (χ3n) is 5.66. The maximum atomic E-state index is 6.07. The molecule has 0 unspecified atom stereocenters. The number of aromatic nitrogens is 3.